The van der Waals surface area contributed by atoms with E-state index in [0.29, 0.717) is 6.42 Å². The number of carbonyl (C=O) groups is 1. The molecule has 0 rings (SSSR count). The predicted molar refractivity (Wildman–Crippen MR) is 234 cm³/mol. The molecule has 0 aliphatic rings. The second kappa shape index (κ2) is 43.2. The van der Waals surface area contributed by atoms with Crippen LogP contribution in [0.1, 0.15) is 162 Å². The summed E-state index contributed by atoms with van der Waals surface area (Å²) in [5, 5.41) is 22.9. The Bertz CT molecular complexity index is 1100. The van der Waals surface area contributed by atoms with Gasteiger partial charge in [-0.05, 0) is 103 Å². The number of aliphatic hydroxyl groups is 2. The molecular weight excluding hydrogens is 651 g/mol. The molecule has 0 radical (unpaired) electrons. The minimum Gasteiger partial charge on any atom is -0.394 e. The summed E-state index contributed by atoms with van der Waals surface area (Å²) in [5.74, 6) is -0.117. The first-order chi connectivity index (χ1) is 26.2. The first-order valence-electron chi connectivity index (χ1n) is 21.2. The number of hydrogen-bond acceptors (Lipinski definition) is 3. The van der Waals surface area contributed by atoms with E-state index in [-0.39, 0.29) is 12.5 Å². The first kappa shape index (κ1) is 49.8. The fourth-order valence-corrected chi connectivity index (χ4v) is 5.42. The minimum atomic E-state index is -0.893. The minimum absolute atomic E-state index is 0.117. The van der Waals surface area contributed by atoms with Gasteiger partial charge in [0.2, 0.25) is 5.91 Å². The van der Waals surface area contributed by atoms with Crippen molar-refractivity contribution in [2.75, 3.05) is 6.61 Å². The van der Waals surface area contributed by atoms with Gasteiger partial charge in [-0.25, -0.2) is 0 Å². The van der Waals surface area contributed by atoms with Gasteiger partial charge in [0.25, 0.3) is 0 Å². The Morgan fingerprint density at radius 2 is 0.849 bits per heavy atom. The quantitative estimate of drug-likeness (QED) is 0.0444. The summed E-state index contributed by atoms with van der Waals surface area (Å²) in [6.07, 6.45) is 67.2. The summed E-state index contributed by atoms with van der Waals surface area (Å²) < 4.78 is 0. The number of hydrogen-bond donors (Lipinski definition) is 3. The standard InChI is InChI=1S/C49H79NO3/c1-3-5-7-9-11-13-15-17-19-21-22-23-24-25-26-27-28-29-31-33-35-37-39-41-43-45-49(53)50-47(46-51)48(52)44-42-40-38-36-34-32-30-20-18-16-14-12-10-8-6-4-2/h5,7,11,13,17-20,22-23,25-26,28-29,33-36,42,44,47-48,51-52H,3-4,6,8-10,12,14-16,21,24,27,30-32,37-41,43,45-46H2,1-2H3,(H,50,53)/b7-5-,13-11-,19-17-,20-18+,23-22-,26-25-,29-28-,35-33-,36-34+,44-42+. The monoisotopic (exact) mass is 730 g/mol. The van der Waals surface area contributed by atoms with Gasteiger partial charge in [-0.15, -0.1) is 0 Å². The molecule has 53 heavy (non-hydrogen) atoms. The Balaban J connectivity index is 3.81. The van der Waals surface area contributed by atoms with Gasteiger partial charge in [0.05, 0.1) is 18.8 Å². The molecule has 0 aromatic carbocycles. The van der Waals surface area contributed by atoms with Gasteiger partial charge >= 0.3 is 0 Å². The van der Waals surface area contributed by atoms with Crippen molar-refractivity contribution in [3.8, 4) is 0 Å². The van der Waals surface area contributed by atoms with Crippen LogP contribution in [0.15, 0.2) is 122 Å². The van der Waals surface area contributed by atoms with Crippen molar-refractivity contribution in [2.24, 2.45) is 0 Å². The highest BCUT2D eigenvalue weighted by Crippen LogP contribution is 2.09. The van der Waals surface area contributed by atoms with E-state index >= 15 is 0 Å². The number of nitrogens with one attached hydrogen (secondary N) is 1. The average molecular weight is 730 g/mol. The van der Waals surface area contributed by atoms with Crippen LogP contribution in [0.5, 0.6) is 0 Å². The lowest BCUT2D eigenvalue weighted by atomic mass is 10.1. The van der Waals surface area contributed by atoms with Crippen LogP contribution in [0.4, 0.5) is 0 Å². The molecule has 0 fully saturated rings. The lowest BCUT2D eigenvalue weighted by Gasteiger charge is -2.19. The molecule has 3 N–H and O–H groups in total. The molecule has 1 amide bonds. The van der Waals surface area contributed by atoms with Gasteiger partial charge in [-0.3, -0.25) is 4.79 Å². The number of carbonyl (C=O) groups excluding carboxylic acids is 1. The Kier molecular flexibility index (Phi) is 40.6. The Morgan fingerprint density at radius 3 is 1.32 bits per heavy atom. The molecule has 0 spiro atoms. The third kappa shape index (κ3) is 39.8. The smallest absolute Gasteiger partial charge is 0.220 e. The zero-order chi connectivity index (χ0) is 38.6. The summed E-state index contributed by atoms with van der Waals surface area (Å²) in [4.78, 5) is 12.4. The summed E-state index contributed by atoms with van der Waals surface area (Å²) in [5.41, 5.74) is 0. The lowest BCUT2D eigenvalue weighted by Crippen LogP contribution is -2.45. The molecule has 0 aliphatic heterocycles. The van der Waals surface area contributed by atoms with Crippen molar-refractivity contribution in [3.05, 3.63) is 122 Å². The summed E-state index contributed by atoms with van der Waals surface area (Å²) in [7, 11) is 0. The van der Waals surface area contributed by atoms with Crippen molar-refractivity contribution in [1.29, 1.82) is 0 Å². The Morgan fingerprint density at radius 1 is 0.472 bits per heavy atom. The molecule has 0 bridgehead atoms. The number of rotatable bonds is 36. The molecule has 0 aromatic rings. The van der Waals surface area contributed by atoms with Crippen molar-refractivity contribution < 1.29 is 15.0 Å². The zero-order valence-electron chi connectivity index (χ0n) is 34.0. The van der Waals surface area contributed by atoms with Crippen molar-refractivity contribution in [1.82, 2.24) is 5.32 Å². The molecule has 2 atom stereocenters. The highest BCUT2D eigenvalue weighted by molar-refractivity contribution is 5.76. The molecule has 0 aromatic heterocycles. The van der Waals surface area contributed by atoms with Crippen molar-refractivity contribution in [3.63, 3.8) is 0 Å². The van der Waals surface area contributed by atoms with Crippen LogP contribution in [0, 0.1) is 0 Å². The molecule has 4 heteroatoms. The molecule has 4 nitrogen and oxygen atoms in total. The van der Waals surface area contributed by atoms with Gasteiger partial charge in [-0.1, -0.05) is 174 Å². The van der Waals surface area contributed by atoms with Gasteiger partial charge in [0, 0.05) is 6.42 Å². The van der Waals surface area contributed by atoms with Crippen LogP contribution in [-0.4, -0.2) is 34.9 Å². The summed E-state index contributed by atoms with van der Waals surface area (Å²) in [6.45, 7) is 4.13. The maximum absolute atomic E-state index is 12.4. The third-order valence-electron chi connectivity index (χ3n) is 8.66. The first-order valence-corrected chi connectivity index (χ1v) is 21.2. The van der Waals surface area contributed by atoms with Gasteiger partial charge in [0.15, 0.2) is 0 Å². The van der Waals surface area contributed by atoms with E-state index < -0.39 is 12.1 Å². The van der Waals surface area contributed by atoms with Crippen LogP contribution in [0.3, 0.4) is 0 Å². The van der Waals surface area contributed by atoms with E-state index in [1.165, 1.54) is 44.9 Å². The Labute approximate surface area is 327 Å². The largest absolute Gasteiger partial charge is 0.394 e. The summed E-state index contributed by atoms with van der Waals surface area (Å²) >= 11 is 0. The molecule has 2 unspecified atom stereocenters. The fraction of sp³-hybridized carbons (Fsp3) is 0.571. The molecular formula is C49H79NO3. The van der Waals surface area contributed by atoms with E-state index in [1.807, 2.05) is 6.08 Å². The number of amides is 1. The molecule has 298 valence electrons. The highest BCUT2D eigenvalue weighted by Gasteiger charge is 2.17. The molecule has 0 saturated heterocycles. The van der Waals surface area contributed by atoms with Crippen LogP contribution in [0.2, 0.25) is 0 Å². The number of aliphatic hydroxyl groups excluding tert-OH is 2. The van der Waals surface area contributed by atoms with Gasteiger partial charge < -0.3 is 15.5 Å². The molecule has 0 saturated carbocycles. The van der Waals surface area contributed by atoms with Crippen LogP contribution >= 0.6 is 0 Å². The zero-order valence-corrected chi connectivity index (χ0v) is 34.0. The SMILES string of the molecule is CC/C=C\C/C=C\C/C=C\C/C=C\C/C=C\C/C=C\C/C=C\CCCCCC(=O)NC(CO)C(O)/C=C/CC/C=C/CC/C=C/CCCCCCCC. The van der Waals surface area contributed by atoms with Crippen molar-refractivity contribution >= 4 is 5.91 Å². The fourth-order valence-electron chi connectivity index (χ4n) is 5.42. The molecule has 0 heterocycles. The lowest BCUT2D eigenvalue weighted by molar-refractivity contribution is -0.123. The highest BCUT2D eigenvalue weighted by atomic mass is 16.3. The normalized spacial score (nSPS) is 14.3. The van der Waals surface area contributed by atoms with E-state index in [2.05, 4.69) is 129 Å². The predicted octanol–water partition coefficient (Wildman–Crippen LogP) is 13.4. The van der Waals surface area contributed by atoms with Gasteiger partial charge in [0.1, 0.15) is 0 Å². The van der Waals surface area contributed by atoms with Crippen molar-refractivity contribution in [2.45, 2.75) is 174 Å². The van der Waals surface area contributed by atoms with Gasteiger partial charge in [-0.2, -0.15) is 0 Å². The van der Waals surface area contributed by atoms with Crippen LogP contribution < -0.4 is 5.32 Å². The second-order valence-electron chi connectivity index (χ2n) is 13.7. The van der Waals surface area contributed by atoms with E-state index in [9.17, 15) is 15.0 Å². The van der Waals surface area contributed by atoms with E-state index in [1.54, 1.807) is 6.08 Å². The average Bonchev–Trinajstić information content (AvgIpc) is 3.16. The number of allylic oxidation sites excluding steroid dienone is 19. The maximum Gasteiger partial charge on any atom is 0.220 e. The van der Waals surface area contributed by atoms with Crippen LogP contribution in [0.25, 0.3) is 0 Å². The Hall–Kier alpha value is -3.21. The summed E-state index contributed by atoms with van der Waals surface area (Å²) in [6, 6.07) is -0.672. The topological polar surface area (TPSA) is 69.6 Å². The molecule has 0 aliphatic carbocycles. The third-order valence-corrected chi connectivity index (χ3v) is 8.66. The van der Waals surface area contributed by atoms with E-state index in [4.69, 9.17) is 0 Å². The second-order valence-corrected chi connectivity index (χ2v) is 13.7. The number of unbranched alkanes of at least 4 members (excludes halogenated alkanes) is 11. The van der Waals surface area contributed by atoms with Crippen LogP contribution in [-0.2, 0) is 4.79 Å². The van der Waals surface area contributed by atoms with E-state index in [0.717, 1.165) is 96.3 Å². The maximum atomic E-state index is 12.4.